The Hall–Kier alpha value is -2.95. The zero-order valence-electron chi connectivity index (χ0n) is 27.6. The number of thiazole rings is 1. The van der Waals surface area contributed by atoms with Gasteiger partial charge in [0.15, 0.2) is 11.5 Å². The van der Waals surface area contributed by atoms with E-state index in [1.54, 1.807) is 59.1 Å². The van der Waals surface area contributed by atoms with Gasteiger partial charge in [0, 0.05) is 16.6 Å². The van der Waals surface area contributed by atoms with Crippen molar-refractivity contribution in [2.45, 2.75) is 71.1 Å². The van der Waals surface area contributed by atoms with E-state index in [-0.39, 0.29) is 34.5 Å². The summed E-state index contributed by atoms with van der Waals surface area (Å²) in [6.45, 7) is 9.85. The molecule has 0 saturated carbocycles. The van der Waals surface area contributed by atoms with E-state index in [9.17, 15) is 19.2 Å². The number of aryl methyl sites for hydroxylation is 1. The van der Waals surface area contributed by atoms with Crippen LogP contribution in [0.4, 0.5) is 0 Å². The average Bonchev–Trinajstić information content (AvgIpc) is 3.37. The summed E-state index contributed by atoms with van der Waals surface area (Å²) in [6, 6.07) is 7.13. The maximum atomic E-state index is 13.8. The number of hydrogen-bond acceptors (Lipinski definition) is 12. The molecule has 258 valence electrons. The second kappa shape index (κ2) is 15.7. The highest BCUT2D eigenvalue weighted by molar-refractivity contribution is 14.1. The van der Waals surface area contributed by atoms with E-state index in [0.29, 0.717) is 26.5 Å². The van der Waals surface area contributed by atoms with Gasteiger partial charge in [0.25, 0.3) is 0 Å². The highest BCUT2D eigenvalue weighted by atomic mass is 127. The number of aromatic nitrogens is 1. The maximum absolute atomic E-state index is 13.8. The molecule has 1 fully saturated rings. The first-order chi connectivity index (χ1) is 22.6. The number of carbonyl (C=O) groups excluding carboxylic acids is 4. The van der Waals surface area contributed by atoms with Gasteiger partial charge in [0.2, 0.25) is 11.5 Å². The number of methoxy groups -OCH3 is 1. The maximum Gasteiger partial charge on any atom is 0.355 e. The molecule has 2 aromatic rings. The summed E-state index contributed by atoms with van der Waals surface area (Å²) < 4.78 is 17.2. The Labute approximate surface area is 306 Å². The third-order valence-corrected chi connectivity index (χ3v) is 10.1. The number of alkyl halides is 1. The standard InChI is InChI=1S/C33H37ClIN3O8S2/c1-18-36-25(27(34)48-18)24(37-46-33(5,6)31(42)45-32(2,3)4)23(39)15-22-28(40)38-26(20(9-8-14-35)17-47-29(22)38)30(41)44-16-19-10-12-21(43-7)13-11-19/h8-13,22,29H,14-17H2,1-7H3/b9-8+,37-24+/t22-,29?/m1/s1. The van der Waals surface area contributed by atoms with Crippen molar-refractivity contribution in [3.8, 4) is 5.75 Å². The lowest BCUT2D eigenvalue weighted by Crippen LogP contribution is -2.62. The summed E-state index contributed by atoms with van der Waals surface area (Å²) in [5.74, 6) is -1.91. The number of fused-ring (bicyclic) bond motifs is 1. The molecular weight excluding hydrogens is 793 g/mol. The first-order valence-corrected chi connectivity index (χ1v) is 18.7. The van der Waals surface area contributed by atoms with E-state index in [2.05, 4.69) is 32.7 Å². The quantitative estimate of drug-likeness (QED) is 0.0556. The molecule has 1 aromatic carbocycles. The number of nitrogens with zero attached hydrogens (tertiary/aromatic N) is 3. The van der Waals surface area contributed by atoms with Crippen LogP contribution < -0.4 is 4.74 Å². The topological polar surface area (TPSA) is 134 Å². The molecule has 2 aliphatic heterocycles. The van der Waals surface area contributed by atoms with Crippen molar-refractivity contribution in [1.29, 1.82) is 0 Å². The monoisotopic (exact) mass is 829 g/mol. The van der Waals surface area contributed by atoms with Crippen LogP contribution in [0.2, 0.25) is 4.34 Å². The molecule has 0 radical (unpaired) electrons. The number of ether oxygens (including phenoxy) is 3. The first kappa shape index (κ1) is 37.9. The Morgan fingerprint density at radius 3 is 2.44 bits per heavy atom. The van der Waals surface area contributed by atoms with Crippen LogP contribution in [0.1, 0.15) is 57.3 Å². The molecule has 3 heterocycles. The predicted octanol–water partition coefficient (Wildman–Crippen LogP) is 6.43. The molecule has 48 heavy (non-hydrogen) atoms. The number of benzene rings is 1. The fourth-order valence-corrected chi connectivity index (χ4v) is 7.43. The molecule has 1 aromatic heterocycles. The van der Waals surface area contributed by atoms with Gasteiger partial charge in [0.1, 0.15) is 33.7 Å². The van der Waals surface area contributed by atoms with Gasteiger partial charge in [0.05, 0.1) is 23.4 Å². The molecule has 1 saturated heterocycles. The van der Waals surface area contributed by atoms with E-state index < -0.39 is 46.1 Å². The molecule has 0 N–H and O–H groups in total. The number of amides is 1. The number of esters is 2. The van der Waals surface area contributed by atoms with Crippen molar-refractivity contribution in [1.82, 2.24) is 9.88 Å². The molecular formula is C33H37ClIN3O8S2. The number of thioether (sulfide) groups is 1. The highest BCUT2D eigenvalue weighted by Gasteiger charge is 2.54. The van der Waals surface area contributed by atoms with Crippen LogP contribution in [0.5, 0.6) is 5.75 Å². The molecule has 15 heteroatoms. The number of oxime groups is 1. The minimum absolute atomic E-state index is 0.00461. The lowest BCUT2D eigenvalue weighted by Gasteiger charge is -2.49. The lowest BCUT2D eigenvalue weighted by molar-refractivity contribution is -0.179. The van der Waals surface area contributed by atoms with Crippen molar-refractivity contribution in [2.24, 2.45) is 11.1 Å². The van der Waals surface area contributed by atoms with Crippen LogP contribution in [-0.4, -0.2) is 73.1 Å². The fourth-order valence-electron chi connectivity index (χ4n) is 4.69. The molecule has 11 nitrogen and oxygen atoms in total. The van der Waals surface area contributed by atoms with E-state index in [1.165, 1.54) is 30.5 Å². The van der Waals surface area contributed by atoms with Crippen LogP contribution in [-0.2, 0) is 40.1 Å². The van der Waals surface area contributed by atoms with Crippen LogP contribution in [0.15, 0.2) is 52.8 Å². The summed E-state index contributed by atoms with van der Waals surface area (Å²) in [5, 5.41) is 4.18. The fraction of sp³-hybridized carbons (Fsp3) is 0.455. The Kier molecular flexibility index (Phi) is 12.4. The van der Waals surface area contributed by atoms with Gasteiger partial charge < -0.3 is 19.0 Å². The molecule has 4 rings (SSSR count). The normalized spacial score (nSPS) is 18.4. The highest BCUT2D eigenvalue weighted by Crippen LogP contribution is 2.46. The zero-order valence-corrected chi connectivity index (χ0v) is 32.2. The van der Waals surface area contributed by atoms with E-state index >= 15 is 0 Å². The second-order valence-electron chi connectivity index (χ2n) is 12.4. The Morgan fingerprint density at radius 1 is 1.17 bits per heavy atom. The van der Waals surface area contributed by atoms with Gasteiger partial charge in [-0.1, -0.05) is 63.6 Å². The van der Waals surface area contributed by atoms with Crippen LogP contribution >= 0.6 is 57.3 Å². The van der Waals surface area contributed by atoms with Crippen LogP contribution in [0.25, 0.3) is 0 Å². The van der Waals surface area contributed by atoms with Crippen LogP contribution in [0.3, 0.4) is 0 Å². The van der Waals surface area contributed by atoms with E-state index in [4.69, 9.17) is 30.6 Å². The van der Waals surface area contributed by atoms with Gasteiger partial charge >= 0.3 is 11.9 Å². The van der Waals surface area contributed by atoms with Crippen molar-refractivity contribution in [2.75, 3.05) is 17.3 Å². The summed E-state index contributed by atoms with van der Waals surface area (Å²) in [7, 11) is 1.57. The van der Waals surface area contributed by atoms with Gasteiger partial charge in [-0.15, -0.1) is 23.1 Å². The SMILES string of the molecule is COc1ccc(COC(=O)C2=C(/C=C/CI)CSC3[C@H](CC(=O)/C(=N\OC(C)(C)C(=O)OC(C)(C)C)c4nc(C)sc4Cl)C(=O)N23)cc1. The largest absolute Gasteiger partial charge is 0.497 e. The van der Waals surface area contributed by atoms with Gasteiger partial charge in [-0.2, -0.15) is 0 Å². The van der Waals surface area contributed by atoms with Gasteiger partial charge in [-0.05, 0) is 64.8 Å². The number of carbonyl (C=O) groups is 4. The van der Waals surface area contributed by atoms with Crippen molar-refractivity contribution in [3.63, 3.8) is 0 Å². The third kappa shape index (κ3) is 8.98. The molecule has 0 spiro atoms. The smallest absolute Gasteiger partial charge is 0.355 e. The predicted molar refractivity (Wildman–Crippen MR) is 193 cm³/mol. The molecule has 1 amide bonds. The van der Waals surface area contributed by atoms with Crippen LogP contribution in [0, 0.1) is 12.8 Å². The molecule has 0 aliphatic carbocycles. The van der Waals surface area contributed by atoms with Gasteiger partial charge in [-0.3, -0.25) is 14.5 Å². The molecule has 2 atom stereocenters. The third-order valence-electron chi connectivity index (χ3n) is 7.08. The Bertz CT molecular complexity index is 1660. The first-order valence-electron chi connectivity index (χ1n) is 14.9. The number of hydrogen-bond donors (Lipinski definition) is 0. The number of ketones is 1. The minimum Gasteiger partial charge on any atom is -0.497 e. The van der Waals surface area contributed by atoms with E-state index in [0.717, 1.165) is 16.9 Å². The van der Waals surface area contributed by atoms with Crippen molar-refractivity contribution >= 4 is 86.6 Å². The number of Topliss-reactive ketones (excluding diaryl/α,β-unsaturated/α-hetero) is 1. The number of β-lactam (4-membered cyclic amide) rings is 1. The van der Waals surface area contributed by atoms with Crippen molar-refractivity contribution in [3.05, 3.63) is 68.3 Å². The van der Waals surface area contributed by atoms with Crippen molar-refractivity contribution < 1.29 is 38.2 Å². The molecule has 1 unspecified atom stereocenters. The summed E-state index contributed by atoms with van der Waals surface area (Å²) in [4.78, 5) is 65.2. The number of allylic oxidation sites excluding steroid dienone is 2. The second-order valence-corrected chi connectivity index (χ2v) is 16.2. The molecule has 0 bridgehead atoms. The zero-order chi connectivity index (χ0) is 35.4. The number of halogens is 2. The van der Waals surface area contributed by atoms with Gasteiger partial charge in [-0.25, -0.2) is 14.6 Å². The minimum atomic E-state index is -1.55. The Morgan fingerprint density at radius 2 is 1.85 bits per heavy atom. The lowest BCUT2D eigenvalue weighted by atomic mass is 9.89. The van der Waals surface area contributed by atoms with E-state index in [1.807, 2.05) is 12.2 Å². The average molecular weight is 830 g/mol. The number of rotatable bonds is 13. The summed E-state index contributed by atoms with van der Waals surface area (Å²) >= 11 is 11.2. The molecule has 2 aliphatic rings. The Balaban J connectivity index is 1.55. The summed E-state index contributed by atoms with van der Waals surface area (Å²) in [5.41, 5.74) is -0.857. The summed E-state index contributed by atoms with van der Waals surface area (Å²) in [6.07, 6.45) is 3.48.